The summed E-state index contributed by atoms with van der Waals surface area (Å²) in [5.74, 6) is -0.678. The molecule has 0 radical (unpaired) electrons. The van der Waals surface area contributed by atoms with Crippen LogP contribution in [0, 0.1) is 5.82 Å². The maximum atomic E-state index is 13.8. The molecular weight excluding hydrogens is 345 g/mol. The average Bonchev–Trinajstić information content (AvgIpc) is 2.94. The molecule has 1 N–H and O–H groups in total. The van der Waals surface area contributed by atoms with Crippen LogP contribution >= 0.6 is 22.9 Å². The molecule has 1 heterocycles. The maximum absolute atomic E-state index is 13.8. The van der Waals surface area contributed by atoms with E-state index in [1.807, 2.05) is 19.1 Å². The Labute approximate surface area is 149 Å². The largest absolute Gasteiger partial charge is 0.353 e. The van der Waals surface area contributed by atoms with E-state index in [2.05, 4.69) is 22.8 Å². The number of hydrogen-bond donors (Lipinski definition) is 1. The van der Waals surface area contributed by atoms with E-state index in [-0.39, 0.29) is 29.0 Å². The van der Waals surface area contributed by atoms with Gasteiger partial charge in [-0.1, -0.05) is 35.9 Å². The lowest BCUT2D eigenvalue weighted by molar-refractivity contribution is -0.121. The Morgan fingerprint density at radius 3 is 2.83 bits per heavy atom. The maximum Gasteiger partial charge on any atom is 0.224 e. The molecule has 3 aromatic rings. The second-order valence-corrected chi connectivity index (χ2v) is 7.13. The first-order valence-electron chi connectivity index (χ1n) is 7.72. The van der Waals surface area contributed by atoms with Gasteiger partial charge < -0.3 is 5.32 Å². The van der Waals surface area contributed by atoms with Gasteiger partial charge in [0.15, 0.2) is 0 Å². The van der Waals surface area contributed by atoms with Gasteiger partial charge in [-0.25, -0.2) is 4.39 Å². The molecule has 2 nitrogen and oxygen atoms in total. The Balaban J connectivity index is 1.64. The van der Waals surface area contributed by atoms with Crippen LogP contribution in [-0.4, -0.2) is 11.9 Å². The number of benzene rings is 2. The second-order valence-electron chi connectivity index (χ2n) is 5.81. The molecule has 0 saturated heterocycles. The lowest BCUT2D eigenvalue weighted by Gasteiger charge is -2.14. The fourth-order valence-electron chi connectivity index (χ4n) is 2.76. The fourth-order valence-corrected chi connectivity index (χ4v) is 3.96. The molecule has 0 spiro atoms. The van der Waals surface area contributed by atoms with Gasteiger partial charge in [-0.15, -0.1) is 11.3 Å². The molecule has 0 aliphatic carbocycles. The highest BCUT2D eigenvalue weighted by Crippen LogP contribution is 2.26. The number of halogens is 2. The molecule has 0 bridgehead atoms. The SMILES string of the molecule is C[C@H](Cc1csc2ccccc12)NC(=O)Cc1c(F)cccc1Cl. The van der Waals surface area contributed by atoms with Gasteiger partial charge in [0, 0.05) is 21.3 Å². The van der Waals surface area contributed by atoms with Gasteiger partial charge in [-0.3, -0.25) is 4.79 Å². The van der Waals surface area contributed by atoms with E-state index < -0.39 is 5.82 Å². The zero-order valence-corrected chi connectivity index (χ0v) is 14.8. The Kier molecular flexibility index (Phi) is 5.17. The first-order chi connectivity index (χ1) is 11.5. The van der Waals surface area contributed by atoms with Gasteiger partial charge in [0.05, 0.1) is 6.42 Å². The zero-order chi connectivity index (χ0) is 17.1. The third-order valence-electron chi connectivity index (χ3n) is 3.89. The van der Waals surface area contributed by atoms with Crippen molar-refractivity contribution in [3.05, 3.63) is 69.8 Å². The van der Waals surface area contributed by atoms with Crippen molar-refractivity contribution < 1.29 is 9.18 Å². The van der Waals surface area contributed by atoms with Crippen LogP contribution in [0.2, 0.25) is 5.02 Å². The van der Waals surface area contributed by atoms with E-state index in [1.54, 1.807) is 17.4 Å². The van der Waals surface area contributed by atoms with Crippen LogP contribution in [0.1, 0.15) is 18.1 Å². The third kappa shape index (κ3) is 3.77. The number of carbonyl (C=O) groups excluding carboxylic acids is 1. The molecule has 5 heteroatoms. The molecule has 2 aromatic carbocycles. The van der Waals surface area contributed by atoms with Crippen molar-refractivity contribution in [1.82, 2.24) is 5.32 Å². The fraction of sp³-hybridized carbons (Fsp3) is 0.211. The van der Waals surface area contributed by atoms with Crippen molar-refractivity contribution in [2.75, 3.05) is 0 Å². The minimum Gasteiger partial charge on any atom is -0.353 e. The number of fused-ring (bicyclic) bond motifs is 1. The highest BCUT2D eigenvalue weighted by atomic mass is 35.5. The average molecular weight is 362 g/mol. The lowest BCUT2D eigenvalue weighted by Crippen LogP contribution is -2.35. The summed E-state index contributed by atoms with van der Waals surface area (Å²) in [6.07, 6.45) is 0.682. The molecule has 24 heavy (non-hydrogen) atoms. The monoisotopic (exact) mass is 361 g/mol. The lowest BCUT2D eigenvalue weighted by atomic mass is 10.1. The van der Waals surface area contributed by atoms with Crippen molar-refractivity contribution in [1.29, 1.82) is 0 Å². The van der Waals surface area contributed by atoms with Gasteiger partial charge in [0.2, 0.25) is 5.91 Å². The van der Waals surface area contributed by atoms with Crippen molar-refractivity contribution in [2.24, 2.45) is 0 Å². The Morgan fingerprint density at radius 2 is 2.04 bits per heavy atom. The predicted molar refractivity (Wildman–Crippen MR) is 98.2 cm³/mol. The van der Waals surface area contributed by atoms with Gasteiger partial charge in [-0.2, -0.15) is 0 Å². The predicted octanol–water partition coefficient (Wildman–Crippen LogP) is 4.98. The number of hydrogen-bond acceptors (Lipinski definition) is 2. The highest BCUT2D eigenvalue weighted by Gasteiger charge is 2.15. The summed E-state index contributed by atoms with van der Waals surface area (Å²) in [6, 6.07) is 12.6. The highest BCUT2D eigenvalue weighted by molar-refractivity contribution is 7.17. The third-order valence-corrected chi connectivity index (χ3v) is 5.26. The first kappa shape index (κ1) is 16.9. The number of nitrogens with one attached hydrogen (secondary N) is 1. The quantitative estimate of drug-likeness (QED) is 0.682. The second kappa shape index (κ2) is 7.32. The van der Waals surface area contributed by atoms with E-state index in [4.69, 9.17) is 11.6 Å². The summed E-state index contributed by atoms with van der Waals surface area (Å²) >= 11 is 7.67. The minimum atomic E-state index is -0.450. The molecule has 1 aromatic heterocycles. The molecule has 124 valence electrons. The van der Waals surface area contributed by atoms with Crippen molar-refractivity contribution in [3.63, 3.8) is 0 Å². The van der Waals surface area contributed by atoms with Crippen molar-refractivity contribution in [3.8, 4) is 0 Å². The van der Waals surface area contributed by atoms with Crippen LogP contribution in [0.25, 0.3) is 10.1 Å². The Hall–Kier alpha value is -1.91. The summed E-state index contributed by atoms with van der Waals surface area (Å²) in [4.78, 5) is 12.2. The van der Waals surface area contributed by atoms with Crippen LogP contribution in [0.5, 0.6) is 0 Å². The molecule has 1 amide bonds. The van der Waals surface area contributed by atoms with E-state index in [9.17, 15) is 9.18 Å². The molecular formula is C19H17ClFNOS. The molecule has 0 aliphatic rings. The smallest absolute Gasteiger partial charge is 0.224 e. The number of rotatable bonds is 5. The van der Waals surface area contributed by atoms with Gasteiger partial charge in [0.1, 0.15) is 5.82 Å². The van der Waals surface area contributed by atoms with Gasteiger partial charge >= 0.3 is 0 Å². The minimum absolute atomic E-state index is 0.0407. The van der Waals surface area contributed by atoms with Crippen LogP contribution in [0.4, 0.5) is 4.39 Å². The summed E-state index contributed by atoms with van der Waals surface area (Å²) in [5.41, 5.74) is 1.46. The van der Waals surface area contributed by atoms with Gasteiger partial charge in [-0.05, 0) is 47.9 Å². The van der Waals surface area contributed by atoms with E-state index in [0.29, 0.717) is 0 Å². The first-order valence-corrected chi connectivity index (χ1v) is 8.97. The normalized spacial score (nSPS) is 12.3. The number of carbonyl (C=O) groups is 1. The number of thiophene rings is 1. The summed E-state index contributed by atoms with van der Waals surface area (Å²) < 4.78 is 15.0. The Bertz CT molecular complexity index is 856. The van der Waals surface area contributed by atoms with Crippen LogP contribution in [0.3, 0.4) is 0 Å². The van der Waals surface area contributed by atoms with Gasteiger partial charge in [0.25, 0.3) is 0 Å². The standard InChI is InChI=1S/C19H17ClFNOS/c1-12(9-13-11-24-18-8-3-2-5-14(13)18)22-19(23)10-15-16(20)6-4-7-17(15)21/h2-8,11-12H,9-10H2,1H3,(H,22,23)/t12-/m1/s1. The van der Waals surface area contributed by atoms with Crippen molar-refractivity contribution in [2.45, 2.75) is 25.8 Å². The van der Waals surface area contributed by atoms with Crippen LogP contribution in [-0.2, 0) is 17.6 Å². The van der Waals surface area contributed by atoms with E-state index >= 15 is 0 Å². The van der Waals surface area contributed by atoms with Crippen LogP contribution in [0.15, 0.2) is 47.8 Å². The molecule has 0 unspecified atom stereocenters. The zero-order valence-electron chi connectivity index (χ0n) is 13.2. The summed E-state index contributed by atoms with van der Waals surface area (Å²) in [7, 11) is 0. The van der Waals surface area contributed by atoms with E-state index in [0.717, 1.165) is 6.42 Å². The molecule has 0 saturated carbocycles. The van der Waals surface area contributed by atoms with E-state index in [1.165, 1.54) is 27.8 Å². The molecule has 0 fully saturated rings. The topological polar surface area (TPSA) is 29.1 Å². The Morgan fingerprint density at radius 1 is 1.25 bits per heavy atom. The molecule has 3 rings (SSSR count). The summed E-state index contributed by atoms with van der Waals surface area (Å²) in [5, 5.41) is 6.55. The number of amides is 1. The van der Waals surface area contributed by atoms with Crippen molar-refractivity contribution >= 4 is 38.9 Å². The summed E-state index contributed by atoms with van der Waals surface area (Å²) in [6.45, 7) is 1.95. The molecule has 1 atom stereocenters. The molecule has 0 aliphatic heterocycles. The van der Waals surface area contributed by atoms with Crippen LogP contribution < -0.4 is 5.32 Å².